The SMILES string of the molecule is Cc1ncc2c(n1)C[C@](c1cc(N)ccc1F)(C(F)F)NC2=NC(=O)OC(C)(C)C. The van der Waals surface area contributed by atoms with Crippen LogP contribution in [0, 0.1) is 12.7 Å². The number of alkyl halides is 2. The molecule has 1 aliphatic heterocycles. The molecule has 1 aromatic carbocycles. The third-order valence-electron chi connectivity index (χ3n) is 4.47. The number of amides is 1. The third kappa shape index (κ3) is 4.22. The molecule has 0 spiro atoms. The van der Waals surface area contributed by atoms with Crippen molar-refractivity contribution in [1.29, 1.82) is 0 Å². The average molecular weight is 421 g/mol. The molecule has 30 heavy (non-hydrogen) atoms. The first-order valence-electron chi connectivity index (χ1n) is 9.18. The number of halogens is 3. The number of amidine groups is 1. The Morgan fingerprint density at radius 2 is 2.07 bits per heavy atom. The fourth-order valence-corrected chi connectivity index (χ4v) is 3.20. The Hall–Kier alpha value is -3.17. The summed E-state index contributed by atoms with van der Waals surface area (Å²) in [4.78, 5) is 24.4. The van der Waals surface area contributed by atoms with Crippen LogP contribution in [-0.2, 0) is 16.7 Å². The maximum Gasteiger partial charge on any atom is 0.436 e. The van der Waals surface area contributed by atoms with Gasteiger partial charge in [0, 0.05) is 23.9 Å². The molecule has 3 rings (SSSR count). The summed E-state index contributed by atoms with van der Waals surface area (Å²) >= 11 is 0. The van der Waals surface area contributed by atoms with Crippen molar-refractivity contribution in [2.75, 3.05) is 5.73 Å². The number of carbonyl (C=O) groups is 1. The van der Waals surface area contributed by atoms with Crippen molar-refractivity contribution in [3.8, 4) is 0 Å². The molecule has 2 aromatic rings. The van der Waals surface area contributed by atoms with Gasteiger partial charge in [0.05, 0.1) is 11.3 Å². The van der Waals surface area contributed by atoms with E-state index in [4.69, 9.17) is 10.5 Å². The van der Waals surface area contributed by atoms with Crippen LogP contribution >= 0.6 is 0 Å². The molecule has 160 valence electrons. The van der Waals surface area contributed by atoms with Crippen molar-refractivity contribution in [2.24, 2.45) is 4.99 Å². The van der Waals surface area contributed by atoms with Gasteiger partial charge in [-0.05, 0) is 45.9 Å². The molecule has 0 radical (unpaired) electrons. The second-order valence-electron chi connectivity index (χ2n) is 8.03. The summed E-state index contributed by atoms with van der Waals surface area (Å²) in [6.07, 6.45) is -3.06. The lowest BCUT2D eigenvalue weighted by atomic mass is 9.81. The number of nitrogens with two attached hydrogens (primary N) is 1. The van der Waals surface area contributed by atoms with Crippen LogP contribution in [0.5, 0.6) is 0 Å². The van der Waals surface area contributed by atoms with Gasteiger partial charge in [-0.1, -0.05) is 0 Å². The predicted molar refractivity (Wildman–Crippen MR) is 105 cm³/mol. The maximum atomic E-state index is 14.6. The van der Waals surface area contributed by atoms with E-state index in [-0.39, 0.29) is 34.8 Å². The van der Waals surface area contributed by atoms with Gasteiger partial charge in [-0.25, -0.2) is 27.9 Å². The second-order valence-corrected chi connectivity index (χ2v) is 8.03. The number of nitrogen functional groups attached to an aromatic ring is 1. The number of nitrogens with zero attached hydrogens (tertiary/aromatic N) is 3. The molecule has 1 atom stereocenters. The summed E-state index contributed by atoms with van der Waals surface area (Å²) in [5.41, 5.74) is 2.86. The molecule has 2 heterocycles. The molecule has 0 unspecified atom stereocenters. The smallest absolute Gasteiger partial charge is 0.436 e. The summed E-state index contributed by atoms with van der Waals surface area (Å²) in [5, 5.41) is 2.57. The number of rotatable bonds is 2. The van der Waals surface area contributed by atoms with Crippen molar-refractivity contribution in [3.05, 3.63) is 52.9 Å². The fourth-order valence-electron chi connectivity index (χ4n) is 3.20. The van der Waals surface area contributed by atoms with Crippen molar-refractivity contribution in [3.63, 3.8) is 0 Å². The van der Waals surface area contributed by atoms with E-state index in [0.717, 1.165) is 12.1 Å². The Morgan fingerprint density at radius 3 is 2.70 bits per heavy atom. The van der Waals surface area contributed by atoms with Crippen molar-refractivity contribution in [1.82, 2.24) is 15.3 Å². The predicted octanol–water partition coefficient (Wildman–Crippen LogP) is 3.49. The number of benzene rings is 1. The first-order valence-corrected chi connectivity index (χ1v) is 9.18. The van der Waals surface area contributed by atoms with Gasteiger partial charge in [0.2, 0.25) is 0 Å². The summed E-state index contributed by atoms with van der Waals surface area (Å²) < 4.78 is 48.7. The Balaban J connectivity index is 2.20. The van der Waals surface area contributed by atoms with Crippen LogP contribution in [0.1, 0.15) is 43.4 Å². The number of aryl methyl sites for hydroxylation is 1. The highest BCUT2D eigenvalue weighted by molar-refractivity contribution is 6.05. The van der Waals surface area contributed by atoms with Gasteiger partial charge in [0.15, 0.2) is 0 Å². The van der Waals surface area contributed by atoms with Crippen LogP contribution in [-0.4, -0.2) is 33.9 Å². The first kappa shape index (κ1) is 21.5. The Kier molecular flexibility index (Phi) is 5.44. The van der Waals surface area contributed by atoms with E-state index in [1.807, 2.05) is 0 Å². The summed E-state index contributed by atoms with van der Waals surface area (Å²) in [6, 6.07) is 3.43. The monoisotopic (exact) mass is 421 g/mol. The Labute approximate surface area is 171 Å². The lowest BCUT2D eigenvalue weighted by Crippen LogP contribution is -2.57. The minimum absolute atomic E-state index is 0.114. The number of fused-ring (bicyclic) bond motifs is 1. The van der Waals surface area contributed by atoms with Gasteiger partial charge < -0.3 is 15.8 Å². The molecule has 0 fully saturated rings. The summed E-state index contributed by atoms with van der Waals surface area (Å²) in [5.74, 6) is -0.765. The molecular formula is C20H22F3N5O2. The van der Waals surface area contributed by atoms with Gasteiger partial charge in [-0.3, -0.25) is 0 Å². The minimum Gasteiger partial charge on any atom is -0.442 e. The summed E-state index contributed by atoms with van der Waals surface area (Å²) in [7, 11) is 0. The van der Waals surface area contributed by atoms with Crippen molar-refractivity contribution >= 4 is 17.6 Å². The lowest BCUT2D eigenvalue weighted by Gasteiger charge is -2.39. The molecule has 0 saturated heterocycles. The number of hydrogen-bond acceptors (Lipinski definition) is 5. The zero-order valence-corrected chi connectivity index (χ0v) is 17.0. The van der Waals surface area contributed by atoms with E-state index < -0.39 is 29.5 Å². The van der Waals surface area contributed by atoms with Gasteiger partial charge >= 0.3 is 6.09 Å². The first-order chi connectivity index (χ1) is 13.9. The Morgan fingerprint density at radius 1 is 1.37 bits per heavy atom. The minimum atomic E-state index is -3.08. The number of carbonyl (C=O) groups excluding carboxylic acids is 1. The Bertz CT molecular complexity index is 1020. The number of ether oxygens (including phenoxy) is 1. The molecular weight excluding hydrogens is 399 g/mol. The molecule has 1 aliphatic rings. The highest BCUT2D eigenvalue weighted by Crippen LogP contribution is 2.38. The van der Waals surface area contributed by atoms with Crippen LogP contribution < -0.4 is 11.1 Å². The maximum absolute atomic E-state index is 14.6. The zero-order chi connectivity index (χ0) is 22.3. The molecule has 7 nitrogen and oxygen atoms in total. The molecule has 0 bridgehead atoms. The highest BCUT2D eigenvalue weighted by atomic mass is 19.3. The molecule has 1 amide bonds. The number of aromatic nitrogens is 2. The molecule has 1 aromatic heterocycles. The normalized spacial score (nSPS) is 20.1. The van der Waals surface area contributed by atoms with Gasteiger partial charge in [-0.2, -0.15) is 4.99 Å². The van der Waals surface area contributed by atoms with E-state index in [2.05, 4.69) is 20.3 Å². The number of nitrogens with one attached hydrogen (secondary N) is 1. The van der Waals surface area contributed by atoms with Crippen LogP contribution in [0.4, 0.5) is 23.7 Å². The summed E-state index contributed by atoms with van der Waals surface area (Å²) in [6.45, 7) is 6.53. The number of anilines is 1. The van der Waals surface area contributed by atoms with Crippen molar-refractivity contribution < 1.29 is 22.7 Å². The molecule has 3 N–H and O–H groups in total. The van der Waals surface area contributed by atoms with Crippen LogP contribution in [0.25, 0.3) is 0 Å². The standard InChI is InChI=1S/C20H22F3N5O2/c1-10-25-9-12-15(26-10)8-20(17(22)23,13-7-11(24)5-6-14(13)21)28-16(12)27-18(29)30-19(2,3)4/h5-7,9,17H,8,24H2,1-4H3,(H,27,28,29)/t20-/m0/s1. The van der Waals surface area contributed by atoms with E-state index in [1.165, 1.54) is 12.3 Å². The van der Waals surface area contributed by atoms with Gasteiger partial charge in [0.25, 0.3) is 6.43 Å². The van der Waals surface area contributed by atoms with Crippen LogP contribution in [0.2, 0.25) is 0 Å². The average Bonchev–Trinajstić information content (AvgIpc) is 2.61. The quantitative estimate of drug-likeness (QED) is 0.720. The largest absolute Gasteiger partial charge is 0.442 e. The van der Waals surface area contributed by atoms with Gasteiger partial charge in [-0.15, -0.1) is 0 Å². The van der Waals surface area contributed by atoms with E-state index >= 15 is 0 Å². The van der Waals surface area contributed by atoms with Crippen molar-refractivity contribution in [2.45, 2.75) is 51.7 Å². The molecule has 0 saturated carbocycles. The zero-order valence-electron chi connectivity index (χ0n) is 17.0. The number of aliphatic imine (C=N–C) groups is 1. The second kappa shape index (κ2) is 7.58. The topological polar surface area (TPSA) is 102 Å². The van der Waals surface area contributed by atoms with E-state index in [0.29, 0.717) is 5.82 Å². The lowest BCUT2D eigenvalue weighted by molar-refractivity contribution is 0.0340. The number of hydrogen-bond donors (Lipinski definition) is 2. The van der Waals surface area contributed by atoms with Crippen LogP contribution in [0.3, 0.4) is 0 Å². The van der Waals surface area contributed by atoms with Gasteiger partial charge in [0.1, 0.15) is 28.6 Å². The van der Waals surface area contributed by atoms with E-state index in [9.17, 15) is 18.0 Å². The third-order valence-corrected chi connectivity index (χ3v) is 4.47. The highest BCUT2D eigenvalue weighted by Gasteiger charge is 2.49. The fraction of sp³-hybridized carbons (Fsp3) is 0.400. The van der Waals surface area contributed by atoms with E-state index in [1.54, 1.807) is 27.7 Å². The van der Waals surface area contributed by atoms with Crippen LogP contribution in [0.15, 0.2) is 29.4 Å². The molecule has 0 aliphatic carbocycles. The molecule has 10 heteroatoms.